The number of rotatable bonds is 2. The molecule has 0 bridgehead atoms. The van der Waals surface area contributed by atoms with Gasteiger partial charge >= 0.3 is 6.09 Å². The molecule has 0 saturated carbocycles. The lowest BCUT2D eigenvalue weighted by atomic mass is 9.99. The van der Waals surface area contributed by atoms with Gasteiger partial charge in [0, 0.05) is 11.4 Å². The van der Waals surface area contributed by atoms with E-state index in [1.54, 1.807) is 11.8 Å². The van der Waals surface area contributed by atoms with Crippen LogP contribution in [0.1, 0.15) is 40.5 Å². The fourth-order valence-electron chi connectivity index (χ4n) is 2.39. The highest BCUT2D eigenvalue weighted by Crippen LogP contribution is 2.35. The Morgan fingerprint density at radius 3 is 2.57 bits per heavy atom. The van der Waals surface area contributed by atoms with E-state index < -0.39 is 5.60 Å². The van der Waals surface area contributed by atoms with Gasteiger partial charge in [0.25, 0.3) is 0 Å². The topological polar surface area (TPSA) is 29.5 Å². The van der Waals surface area contributed by atoms with Gasteiger partial charge in [-0.2, -0.15) is 0 Å². The van der Waals surface area contributed by atoms with Crippen LogP contribution < -0.4 is 0 Å². The van der Waals surface area contributed by atoms with E-state index in [0.29, 0.717) is 5.92 Å². The summed E-state index contributed by atoms with van der Waals surface area (Å²) in [5.41, 5.74) is -0.442. The first-order valence-electron chi connectivity index (χ1n) is 7.56. The number of amides is 1. The number of thioether (sulfide) groups is 1. The maximum absolute atomic E-state index is 12.4. The molecule has 1 aliphatic heterocycles. The minimum absolute atomic E-state index is 0.158. The van der Waals surface area contributed by atoms with E-state index in [1.165, 1.54) is 4.90 Å². The molecular formula is C17H25NO2S. The number of likely N-dealkylation sites (tertiary alicyclic amines) is 1. The first kappa shape index (κ1) is 16.2. The molecule has 3 nitrogen and oxygen atoms in total. The van der Waals surface area contributed by atoms with Crippen molar-refractivity contribution in [3.8, 4) is 0 Å². The molecule has 0 aromatic heterocycles. The van der Waals surface area contributed by atoms with E-state index in [0.717, 1.165) is 19.4 Å². The Morgan fingerprint density at radius 2 is 1.95 bits per heavy atom. The van der Waals surface area contributed by atoms with E-state index in [4.69, 9.17) is 4.74 Å². The Morgan fingerprint density at radius 1 is 1.29 bits per heavy atom. The van der Waals surface area contributed by atoms with Gasteiger partial charge in [0.2, 0.25) is 0 Å². The van der Waals surface area contributed by atoms with Crippen LogP contribution in [0.3, 0.4) is 0 Å². The molecule has 1 fully saturated rings. The molecule has 1 amide bonds. The summed E-state index contributed by atoms with van der Waals surface area (Å²) in [7, 11) is 0. The van der Waals surface area contributed by atoms with E-state index in [1.807, 2.05) is 43.9 Å². The molecule has 0 N–H and O–H groups in total. The summed E-state index contributed by atoms with van der Waals surface area (Å²) in [4.78, 5) is 15.5. The smallest absolute Gasteiger partial charge is 0.411 e. The van der Waals surface area contributed by atoms with Crippen molar-refractivity contribution in [2.24, 2.45) is 5.92 Å². The molecule has 0 spiro atoms. The van der Waals surface area contributed by atoms with Crippen LogP contribution in [-0.2, 0) is 4.74 Å². The molecule has 1 heterocycles. The van der Waals surface area contributed by atoms with E-state index >= 15 is 0 Å². The summed E-state index contributed by atoms with van der Waals surface area (Å²) in [5, 5.41) is 0.158. The van der Waals surface area contributed by atoms with E-state index in [-0.39, 0.29) is 11.5 Å². The molecule has 2 unspecified atom stereocenters. The Labute approximate surface area is 132 Å². The first-order valence-corrected chi connectivity index (χ1v) is 8.44. The Balaban J connectivity index is 2.08. The molecule has 1 aliphatic rings. The zero-order chi connectivity index (χ0) is 15.5. The van der Waals surface area contributed by atoms with Crippen molar-refractivity contribution < 1.29 is 9.53 Å². The second-order valence-electron chi connectivity index (χ2n) is 6.69. The number of carbonyl (C=O) groups excluding carboxylic acids is 1. The standard InChI is InChI=1S/C17H25NO2S/c1-13-10-11-18(16(19)20-17(2,3)4)15(12-13)21-14-8-6-5-7-9-14/h5-9,13,15H,10-12H2,1-4H3. The summed E-state index contributed by atoms with van der Waals surface area (Å²) in [5.74, 6) is 0.643. The van der Waals surface area contributed by atoms with Crippen molar-refractivity contribution in [2.45, 2.75) is 56.4 Å². The van der Waals surface area contributed by atoms with Crippen LogP contribution in [0.5, 0.6) is 0 Å². The monoisotopic (exact) mass is 307 g/mol. The van der Waals surface area contributed by atoms with Gasteiger partial charge < -0.3 is 4.74 Å². The molecule has 1 aromatic rings. The van der Waals surface area contributed by atoms with Gasteiger partial charge in [0.1, 0.15) is 5.60 Å². The van der Waals surface area contributed by atoms with E-state index in [9.17, 15) is 4.79 Å². The Hall–Kier alpha value is -1.16. The Kier molecular flexibility index (Phi) is 5.20. The second kappa shape index (κ2) is 6.73. The summed E-state index contributed by atoms with van der Waals surface area (Å²) in [6.45, 7) is 8.77. The highest BCUT2D eigenvalue weighted by molar-refractivity contribution is 7.99. The molecule has 1 aromatic carbocycles. The normalized spacial score (nSPS) is 23.0. The zero-order valence-electron chi connectivity index (χ0n) is 13.3. The largest absolute Gasteiger partial charge is 0.444 e. The number of piperidine rings is 1. The lowest BCUT2D eigenvalue weighted by Gasteiger charge is -2.38. The molecule has 0 aliphatic carbocycles. The van der Waals surface area contributed by atoms with Crippen LogP contribution in [0.15, 0.2) is 35.2 Å². The number of carbonyl (C=O) groups is 1. The SMILES string of the molecule is CC1CCN(C(=O)OC(C)(C)C)C(Sc2ccccc2)C1. The van der Waals surface area contributed by atoms with Crippen molar-refractivity contribution in [3.05, 3.63) is 30.3 Å². The summed E-state index contributed by atoms with van der Waals surface area (Å²) in [6, 6.07) is 10.3. The second-order valence-corrected chi connectivity index (χ2v) is 7.94. The summed E-state index contributed by atoms with van der Waals surface area (Å²) >= 11 is 1.76. The number of benzene rings is 1. The molecule has 1 saturated heterocycles. The lowest BCUT2D eigenvalue weighted by Crippen LogP contribution is -2.46. The average molecular weight is 307 g/mol. The molecule has 21 heavy (non-hydrogen) atoms. The zero-order valence-corrected chi connectivity index (χ0v) is 14.2. The third kappa shape index (κ3) is 4.95. The minimum Gasteiger partial charge on any atom is -0.444 e. The molecule has 0 radical (unpaired) electrons. The molecular weight excluding hydrogens is 282 g/mol. The number of nitrogens with zero attached hydrogens (tertiary/aromatic N) is 1. The van der Waals surface area contributed by atoms with Crippen molar-refractivity contribution >= 4 is 17.9 Å². The van der Waals surface area contributed by atoms with Crippen LogP contribution in [0, 0.1) is 5.92 Å². The van der Waals surface area contributed by atoms with Crippen LogP contribution in [0.4, 0.5) is 4.79 Å². The van der Waals surface area contributed by atoms with Crippen LogP contribution in [-0.4, -0.2) is 28.5 Å². The first-order chi connectivity index (χ1) is 9.85. The van der Waals surface area contributed by atoms with Crippen molar-refractivity contribution in [1.82, 2.24) is 4.90 Å². The predicted molar refractivity (Wildman–Crippen MR) is 87.4 cm³/mol. The third-order valence-electron chi connectivity index (χ3n) is 3.46. The van der Waals surface area contributed by atoms with Gasteiger partial charge in [-0.25, -0.2) is 4.79 Å². The van der Waals surface area contributed by atoms with Gasteiger partial charge in [0.15, 0.2) is 0 Å². The highest BCUT2D eigenvalue weighted by Gasteiger charge is 2.33. The fraction of sp³-hybridized carbons (Fsp3) is 0.588. The Bertz CT molecular complexity index is 469. The maximum Gasteiger partial charge on any atom is 0.411 e. The van der Waals surface area contributed by atoms with Gasteiger partial charge in [-0.05, 0) is 51.7 Å². The van der Waals surface area contributed by atoms with Crippen molar-refractivity contribution in [1.29, 1.82) is 0 Å². The summed E-state index contributed by atoms with van der Waals surface area (Å²) < 4.78 is 5.55. The molecule has 2 atom stereocenters. The van der Waals surface area contributed by atoms with Crippen LogP contribution in [0.25, 0.3) is 0 Å². The maximum atomic E-state index is 12.4. The molecule has 2 rings (SSSR count). The third-order valence-corrected chi connectivity index (χ3v) is 4.72. The predicted octanol–water partition coefficient (Wildman–Crippen LogP) is 4.77. The van der Waals surface area contributed by atoms with Crippen LogP contribution in [0.2, 0.25) is 0 Å². The van der Waals surface area contributed by atoms with Crippen LogP contribution >= 0.6 is 11.8 Å². The van der Waals surface area contributed by atoms with Gasteiger partial charge in [-0.1, -0.05) is 25.1 Å². The molecule has 116 valence electrons. The average Bonchev–Trinajstić information content (AvgIpc) is 2.37. The minimum atomic E-state index is -0.442. The van der Waals surface area contributed by atoms with Gasteiger partial charge in [-0.15, -0.1) is 11.8 Å². The number of hydrogen-bond donors (Lipinski definition) is 0. The van der Waals surface area contributed by atoms with Crippen molar-refractivity contribution in [3.63, 3.8) is 0 Å². The van der Waals surface area contributed by atoms with Crippen molar-refractivity contribution in [2.75, 3.05) is 6.54 Å². The quantitative estimate of drug-likeness (QED) is 0.788. The number of hydrogen-bond acceptors (Lipinski definition) is 3. The lowest BCUT2D eigenvalue weighted by molar-refractivity contribution is 0.0156. The fourth-order valence-corrected chi connectivity index (χ4v) is 3.76. The number of ether oxygens (including phenoxy) is 1. The molecule has 4 heteroatoms. The van der Waals surface area contributed by atoms with Gasteiger partial charge in [-0.3, -0.25) is 4.90 Å². The summed E-state index contributed by atoms with van der Waals surface area (Å²) in [6.07, 6.45) is 1.87. The highest BCUT2D eigenvalue weighted by atomic mass is 32.2. The van der Waals surface area contributed by atoms with Gasteiger partial charge in [0.05, 0.1) is 5.37 Å². The van der Waals surface area contributed by atoms with E-state index in [2.05, 4.69) is 19.1 Å².